The van der Waals surface area contributed by atoms with Crippen molar-refractivity contribution in [3.05, 3.63) is 29.6 Å². The summed E-state index contributed by atoms with van der Waals surface area (Å²) in [4.78, 5) is 13.5. The van der Waals surface area contributed by atoms with Gasteiger partial charge in [-0.15, -0.1) is 0 Å². The van der Waals surface area contributed by atoms with Crippen molar-refractivity contribution < 1.29 is 13.9 Å². The Labute approximate surface area is 112 Å². The first-order valence-corrected chi connectivity index (χ1v) is 6.53. The van der Waals surface area contributed by atoms with Crippen LogP contribution in [0.25, 0.3) is 0 Å². The van der Waals surface area contributed by atoms with Crippen molar-refractivity contribution in [3.63, 3.8) is 0 Å². The van der Waals surface area contributed by atoms with Crippen LogP contribution >= 0.6 is 0 Å². The molecule has 5 heteroatoms. The van der Waals surface area contributed by atoms with Crippen molar-refractivity contribution in [2.24, 2.45) is 5.73 Å². The van der Waals surface area contributed by atoms with E-state index in [0.29, 0.717) is 5.56 Å². The number of halogens is 1. The summed E-state index contributed by atoms with van der Waals surface area (Å²) in [6, 6.07) is 4.35. The highest BCUT2D eigenvalue weighted by atomic mass is 19.1. The molecule has 19 heavy (non-hydrogen) atoms. The molecule has 0 unspecified atom stereocenters. The summed E-state index contributed by atoms with van der Waals surface area (Å²) in [5, 5.41) is 0. The summed E-state index contributed by atoms with van der Waals surface area (Å²) >= 11 is 0. The topological polar surface area (TPSA) is 55.6 Å². The first-order valence-electron chi connectivity index (χ1n) is 6.53. The first kappa shape index (κ1) is 13.8. The monoisotopic (exact) mass is 266 g/mol. The van der Waals surface area contributed by atoms with Gasteiger partial charge in [0, 0.05) is 19.1 Å². The number of nitrogens with two attached hydrogens (primary N) is 1. The molecule has 0 aliphatic carbocycles. The van der Waals surface area contributed by atoms with E-state index in [1.165, 1.54) is 12.1 Å². The molecule has 0 radical (unpaired) electrons. The Kier molecular flexibility index (Phi) is 4.37. The molecule has 1 aliphatic rings. The Morgan fingerprint density at radius 2 is 2.16 bits per heavy atom. The van der Waals surface area contributed by atoms with Gasteiger partial charge in [-0.05, 0) is 37.5 Å². The van der Waals surface area contributed by atoms with E-state index in [0.717, 1.165) is 25.9 Å². The molecule has 1 atom stereocenters. The van der Waals surface area contributed by atoms with Crippen molar-refractivity contribution in [3.8, 4) is 5.75 Å². The summed E-state index contributed by atoms with van der Waals surface area (Å²) in [5.41, 5.74) is 6.37. The van der Waals surface area contributed by atoms with E-state index in [4.69, 9.17) is 10.5 Å². The Hall–Kier alpha value is -1.62. The number of benzene rings is 1. The third-order valence-corrected chi connectivity index (χ3v) is 3.29. The van der Waals surface area contributed by atoms with Gasteiger partial charge in [0.1, 0.15) is 0 Å². The van der Waals surface area contributed by atoms with Gasteiger partial charge in [-0.2, -0.15) is 0 Å². The maximum Gasteiger partial charge on any atom is 0.260 e. The molecule has 1 aromatic rings. The van der Waals surface area contributed by atoms with Gasteiger partial charge in [0.25, 0.3) is 5.91 Å². The molecule has 0 bridgehead atoms. The predicted octanol–water partition coefficient (Wildman–Crippen LogP) is 1.85. The molecule has 1 amide bonds. The fourth-order valence-corrected chi connectivity index (χ4v) is 2.11. The smallest absolute Gasteiger partial charge is 0.260 e. The van der Waals surface area contributed by atoms with Gasteiger partial charge in [-0.1, -0.05) is 6.07 Å². The molecular weight excluding hydrogens is 247 g/mol. The molecule has 2 rings (SSSR count). The molecule has 0 saturated carbocycles. The minimum atomic E-state index is -0.482. The van der Waals surface area contributed by atoms with E-state index in [2.05, 4.69) is 0 Å². The zero-order valence-electron chi connectivity index (χ0n) is 11.1. The maximum atomic E-state index is 13.7. The lowest BCUT2D eigenvalue weighted by Crippen LogP contribution is -2.32. The van der Waals surface area contributed by atoms with E-state index in [9.17, 15) is 9.18 Å². The zero-order chi connectivity index (χ0) is 13.8. The standard InChI is InChI=1S/C14H19FN2O2/c1-10(16)11-4-5-13(12(15)8-11)19-9-14(18)17-6-2-3-7-17/h4-5,8,10H,2-3,6-7,9,16H2,1H3/t10-/m1/s1. The van der Waals surface area contributed by atoms with Gasteiger partial charge in [-0.3, -0.25) is 4.79 Å². The number of likely N-dealkylation sites (tertiary alicyclic amines) is 1. The Morgan fingerprint density at radius 1 is 1.47 bits per heavy atom. The molecule has 1 fully saturated rings. The fraction of sp³-hybridized carbons (Fsp3) is 0.500. The van der Waals surface area contributed by atoms with Gasteiger partial charge in [-0.25, -0.2) is 4.39 Å². The second kappa shape index (κ2) is 6.02. The van der Waals surface area contributed by atoms with Crippen molar-refractivity contribution in [1.29, 1.82) is 0 Å². The third-order valence-electron chi connectivity index (χ3n) is 3.29. The molecule has 0 aromatic heterocycles. The maximum absolute atomic E-state index is 13.7. The van der Waals surface area contributed by atoms with Gasteiger partial charge < -0.3 is 15.4 Å². The minimum absolute atomic E-state index is 0.0897. The highest BCUT2D eigenvalue weighted by Gasteiger charge is 2.18. The number of nitrogens with zero attached hydrogens (tertiary/aromatic N) is 1. The third kappa shape index (κ3) is 3.44. The SMILES string of the molecule is C[C@@H](N)c1ccc(OCC(=O)N2CCCC2)c(F)c1. The largest absolute Gasteiger partial charge is 0.481 e. The molecule has 1 aromatic carbocycles. The Balaban J connectivity index is 1.94. The number of ether oxygens (including phenoxy) is 1. The van der Waals surface area contributed by atoms with Crippen molar-refractivity contribution in [2.75, 3.05) is 19.7 Å². The van der Waals surface area contributed by atoms with Crippen LogP contribution in [0.3, 0.4) is 0 Å². The van der Waals surface area contributed by atoms with Gasteiger partial charge in [0.15, 0.2) is 18.2 Å². The van der Waals surface area contributed by atoms with Gasteiger partial charge >= 0.3 is 0 Å². The van der Waals surface area contributed by atoms with Crippen LogP contribution in [0.5, 0.6) is 5.75 Å². The number of hydrogen-bond donors (Lipinski definition) is 1. The molecule has 104 valence electrons. The fourth-order valence-electron chi connectivity index (χ4n) is 2.11. The van der Waals surface area contributed by atoms with Crippen LogP contribution in [-0.2, 0) is 4.79 Å². The second-order valence-electron chi connectivity index (χ2n) is 4.86. The number of rotatable bonds is 4. The number of carbonyl (C=O) groups excluding carboxylic acids is 1. The van der Waals surface area contributed by atoms with Crippen LogP contribution in [0.4, 0.5) is 4.39 Å². The van der Waals surface area contributed by atoms with Gasteiger partial charge in [0.05, 0.1) is 0 Å². The summed E-state index contributed by atoms with van der Waals surface area (Å²) in [6.07, 6.45) is 2.06. The predicted molar refractivity (Wildman–Crippen MR) is 70.3 cm³/mol. The van der Waals surface area contributed by atoms with Crippen molar-refractivity contribution in [2.45, 2.75) is 25.8 Å². The van der Waals surface area contributed by atoms with E-state index in [1.807, 2.05) is 0 Å². The van der Waals surface area contributed by atoms with Crippen LogP contribution in [-0.4, -0.2) is 30.5 Å². The van der Waals surface area contributed by atoms with Crippen LogP contribution < -0.4 is 10.5 Å². The summed E-state index contributed by atoms with van der Waals surface area (Å²) in [5.74, 6) is -0.478. The molecule has 0 spiro atoms. The van der Waals surface area contributed by atoms with E-state index < -0.39 is 5.82 Å². The molecule has 1 aliphatic heterocycles. The number of hydrogen-bond acceptors (Lipinski definition) is 3. The average molecular weight is 266 g/mol. The Morgan fingerprint density at radius 3 is 2.74 bits per heavy atom. The summed E-state index contributed by atoms with van der Waals surface area (Å²) < 4.78 is 19.0. The Bertz CT molecular complexity index is 457. The lowest BCUT2D eigenvalue weighted by atomic mass is 10.1. The normalized spacial score (nSPS) is 16.5. The van der Waals surface area contributed by atoms with Crippen molar-refractivity contribution >= 4 is 5.91 Å². The average Bonchev–Trinajstić information content (AvgIpc) is 2.90. The highest BCUT2D eigenvalue weighted by molar-refractivity contribution is 5.78. The molecule has 4 nitrogen and oxygen atoms in total. The van der Waals surface area contributed by atoms with Gasteiger partial charge in [0.2, 0.25) is 0 Å². The lowest BCUT2D eigenvalue weighted by molar-refractivity contribution is -0.132. The summed E-state index contributed by atoms with van der Waals surface area (Å²) in [6.45, 7) is 3.21. The summed E-state index contributed by atoms with van der Waals surface area (Å²) in [7, 11) is 0. The van der Waals surface area contributed by atoms with E-state index in [-0.39, 0.29) is 24.3 Å². The number of amides is 1. The van der Waals surface area contributed by atoms with Crippen LogP contribution in [0.15, 0.2) is 18.2 Å². The van der Waals surface area contributed by atoms with Crippen LogP contribution in [0, 0.1) is 5.82 Å². The molecule has 2 N–H and O–H groups in total. The van der Waals surface area contributed by atoms with Crippen LogP contribution in [0.1, 0.15) is 31.4 Å². The first-order chi connectivity index (χ1) is 9.08. The number of carbonyl (C=O) groups is 1. The van der Waals surface area contributed by atoms with Crippen molar-refractivity contribution in [1.82, 2.24) is 4.90 Å². The molecule has 1 saturated heterocycles. The minimum Gasteiger partial charge on any atom is -0.481 e. The zero-order valence-corrected chi connectivity index (χ0v) is 11.1. The molecule has 1 heterocycles. The van der Waals surface area contributed by atoms with E-state index in [1.54, 1.807) is 17.9 Å². The lowest BCUT2D eigenvalue weighted by Gasteiger charge is -2.16. The van der Waals surface area contributed by atoms with Crippen LogP contribution in [0.2, 0.25) is 0 Å². The quantitative estimate of drug-likeness (QED) is 0.904. The van der Waals surface area contributed by atoms with E-state index >= 15 is 0 Å². The highest BCUT2D eigenvalue weighted by Crippen LogP contribution is 2.21. The molecular formula is C14H19FN2O2. The second-order valence-corrected chi connectivity index (χ2v) is 4.86.